The number of urea groups is 1. The number of carbonyl (C=O) groups excluding carboxylic acids is 3. The molecule has 2 fully saturated rings. The van der Waals surface area contributed by atoms with Crippen LogP contribution in [0, 0.1) is 0 Å². The number of rotatable bonds is 3. The lowest BCUT2D eigenvalue weighted by Crippen LogP contribution is -2.50. The van der Waals surface area contributed by atoms with Gasteiger partial charge in [-0.1, -0.05) is 30.3 Å². The molecule has 0 bridgehead atoms. The van der Waals surface area contributed by atoms with E-state index >= 15 is 0 Å². The molecule has 2 aliphatic rings. The summed E-state index contributed by atoms with van der Waals surface area (Å²) in [5.74, 6) is -0.615. The molecule has 23 heavy (non-hydrogen) atoms. The Kier molecular flexibility index (Phi) is 4.29. The molecule has 7 nitrogen and oxygen atoms in total. The molecule has 0 saturated carbocycles. The third-order valence-electron chi connectivity index (χ3n) is 4.01. The smallest absolute Gasteiger partial charge is 0.325 e. The molecule has 7 heteroatoms. The lowest BCUT2D eigenvalue weighted by Gasteiger charge is -2.37. The average molecular weight is 317 g/mol. The molecule has 0 unspecified atom stereocenters. The van der Waals surface area contributed by atoms with Crippen LogP contribution >= 0.6 is 0 Å². The molecule has 0 aliphatic carbocycles. The minimum absolute atomic E-state index is 0.0434. The van der Waals surface area contributed by atoms with Crippen molar-refractivity contribution in [3.63, 3.8) is 0 Å². The molecule has 1 aromatic carbocycles. The molecule has 0 spiro atoms. The van der Waals surface area contributed by atoms with Gasteiger partial charge in [0.05, 0.1) is 19.2 Å². The van der Waals surface area contributed by atoms with Gasteiger partial charge in [0.25, 0.3) is 5.91 Å². The Balaban J connectivity index is 1.68. The number of nitrogens with zero attached hydrogens (tertiary/aromatic N) is 2. The molecule has 2 atom stereocenters. The molecule has 4 amide bonds. The molecule has 0 radical (unpaired) electrons. The van der Waals surface area contributed by atoms with Crippen molar-refractivity contribution in [1.29, 1.82) is 0 Å². The van der Waals surface area contributed by atoms with Crippen LogP contribution in [-0.4, -0.2) is 59.9 Å². The van der Waals surface area contributed by atoms with Crippen LogP contribution in [0.4, 0.5) is 4.79 Å². The second-order valence-corrected chi connectivity index (χ2v) is 5.78. The number of hydrogen-bond donors (Lipinski definition) is 1. The Morgan fingerprint density at radius 3 is 2.65 bits per heavy atom. The fourth-order valence-electron chi connectivity index (χ4n) is 2.86. The normalized spacial score (nSPS) is 24.7. The molecular formula is C16H19N3O4. The minimum atomic E-state index is -0.510. The van der Waals surface area contributed by atoms with E-state index in [1.54, 1.807) is 4.90 Å². The molecule has 3 rings (SSSR count). The maximum Gasteiger partial charge on any atom is 0.325 e. The first-order valence-electron chi connectivity index (χ1n) is 7.61. The average Bonchev–Trinajstić information content (AvgIpc) is 2.87. The zero-order valence-electron chi connectivity index (χ0n) is 12.9. The Hall–Kier alpha value is -2.41. The van der Waals surface area contributed by atoms with Crippen LogP contribution in [0.2, 0.25) is 0 Å². The van der Waals surface area contributed by atoms with Crippen LogP contribution in [0.3, 0.4) is 0 Å². The summed E-state index contributed by atoms with van der Waals surface area (Å²) in [7, 11) is 0. The number of imide groups is 1. The monoisotopic (exact) mass is 317 g/mol. The van der Waals surface area contributed by atoms with Gasteiger partial charge in [-0.05, 0) is 12.5 Å². The first-order valence-corrected chi connectivity index (χ1v) is 7.61. The highest BCUT2D eigenvalue weighted by Crippen LogP contribution is 2.25. The Morgan fingerprint density at radius 2 is 2.00 bits per heavy atom. The molecule has 1 aromatic rings. The van der Waals surface area contributed by atoms with Crippen LogP contribution < -0.4 is 5.32 Å². The van der Waals surface area contributed by atoms with E-state index in [1.165, 1.54) is 0 Å². The number of morpholine rings is 1. The zero-order chi connectivity index (χ0) is 16.4. The molecule has 2 aliphatic heterocycles. The second kappa shape index (κ2) is 6.37. The quantitative estimate of drug-likeness (QED) is 0.825. The minimum Gasteiger partial charge on any atom is -0.367 e. The predicted octanol–water partition coefficient (Wildman–Crippen LogP) is 0.527. The summed E-state index contributed by atoms with van der Waals surface area (Å²) < 4.78 is 5.91. The number of hydrogen-bond acceptors (Lipinski definition) is 4. The van der Waals surface area contributed by atoms with Crippen LogP contribution in [-0.2, 0) is 14.3 Å². The van der Waals surface area contributed by atoms with Gasteiger partial charge in [-0.15, -0.1) is 0 Å². The van der Waals surface area contributed by atoms with Crippen LogP contribution in [0.15, 0.2) is 30.3 Å². The topological polar surface area (TPSA) is 79.0 Å². The van der Waals surface area contributed by atoms with Crippen molar-refractivity contribution >= 4 is 17.8 Å². The van der Waals surface area contributed by atoms with E-state index in [1.807, 2.05) is 37.3 Å². The van der Waals surface area contributed by atoms with Gasteiger partial charge in [0.1, 0.15) is 12.6 Å². The van der Waals surface area contributed by atoms with Crippen molar-refractivity contribution in [2.75, 3.05) is 26.2 Å². The first-order chi connectivity index (χ1) is 11.0. The first kappa shape index (κ1) is 15.5. The van der Waals surface area contributed by atoms with Gasteiger partial charge < -0.3 is 15.0 Å². The molecule has 2 heterocycles. The van der Waals surface area contributed by atoms with Gasteiger partial charge in [-0.2, -0.15) is 0 Å². The van der Waals surface area contributed by atoms with Crippen molar-refractivity contribution in [3.05, 3.63) is 35.9 Å². The van der Waals surface area contributed by atoms with Gasteiger partial charge in [0.15, 0.2) is 0 Å². The van der Waals surface area contributed by atoms with Gasteiger partial charge in [0.2, 0.25) is 5.91 Å². The predicted molar refractivity (Wildman–Crippen MR) is 81.4 cm³/mol. The van der Waals surface area contributed by atoms with E-state index in [2.05, 4.69) is 5.32 Å². The Morgan fingerprint density at radius 1 is 1.26 bits per heavy atom. The van der Waals surface area contributed by atoms with Crippen molar-refractivity contribution in [2.45, 2.75) is 19.1 Å². The number of amides is 4. The highest BCUT2D eigenvalue weighted by molar-refractivity contribution is 6.04. The van der Waals surface area contributed by atoms with Gasteiger partial charge in [-0.25, -0.2) is 4.79 Å². The molecule has 1 N–H and O–H groups in total. The summed E-state index contributed by atoms with van der Waals surface area (Å²) in [5, 5.41) is 2.41. The number of ether oxygens (including phenoxy) is 1. The van der Waals surface area contributed by atoms with E-state index in [0.29, 0.717) is 13.1 Å². The van der Waals surface area contributed by atoms with Crippen LogP contribution in [0.25, 0.3) is 0 Å². The van der Waals surface area contributed by atoms with Gasteiger partial charge >= 0.3 is 6.03 Å². The summed E-state index contributed by atoms with van der Waals surface area (Å²) in [6.07, 6.45) is -0.312. The van der Waals surface area contributed by atoms with Crippen molar-refractivity contribution in [3.8, 4) is 0 Å². The number of benzene rings is 1. The zero-order valence-corrected chi connectivity index (χ0v) is 12.9. The SMILES string of the molecule is C[C@@H]1CN(C(=O)CN2C(=O)CNC2=O)C[C@@H](c2ccccc2)O1. The van der Waals surface area contributed by atoms with Crippen LogP contribution in [0.5, 0.6) is 0 Å². The van der Waals surface area contributed by atoms with Crippen molar-refractivity contribution in [2.24, 2.45) is 0 Å². The Labute approximate surface area is 134 Å². The van der Waals surface area contributed by atoms with Gasteiger partial charge in [0, 0.05) is 6.54 Å². The number of nitrogens with one attached hydrogen (secondary N) is 1. The second-order valence-electron chi connectivity index (χ2n) is 5.78. The van der Waals surface area contributed by atoms with E-state index in [-0.39, 0.29) is 37.1 Å². The van der Waals surface area contributed by atoms with E-state index < -0.39 is 6.03 Å². The molecule has 0 aromatic heterocycles. The summed E-state index contributed by atoms with van der Waals surface area (Å²) in [6.45, 7) is 2.50. The van der Waals surface area contributed by atoms with E-state index in [0.717, 1.165) is 10.5 Å². The van der Waals surface area contributed by atoms with Crippen molar-refractivity contribution < 1.29 is 19.1 Å². The highest BCUT2D eigenvalue weighted by Gasteiger charge is 2.34. The fraction of sp³-hybridized carbons (Fsp3) is 0.438. The maximum absolute atomic E-state index is 12.5. The summed E-state index contributed by atoms with van der Waals surface area (Å²) in [6, 6.07) is 9.20. The highest BCUT2D eigenvalue weighted by atomic mass is 16.5. The lowest BCUT2D eigenvalue weighted by atomic mass is 10.1. The molecule has 2 saturated heterocycles. The Bertz CT molecular complexity index is 603. The maximum atomic E-state index is 12.5. The fourth-order valence-corrected chi connectivity index (χ4v) is 2.86. The molecular weight excluding hydrogens is 298 g/mol. The lowest BCUT2D eigenvalue weighted by molar-refractivity contribution is -0.147. The third kappa shape index (κ3) is 3.34. The summed E-state index contributed by atoms with van der Waals surface area (Å²) >= 11 is 0. The summed E-state index contributed by atoms with van der Waals surface area (Å²) in [4.78, 5) is 38.2. The standard InChI is InChI=1S/C16H19N3O4/c1-11-8-18(9-13(23-11)12-5-3-2-4-6-12)15(21)10-19-14(20)7-17-16(19)22/h2-6,11,13H,7-10H2,1H3,(H,17,22)/t11-,13+/m1/s1. The molecule has 122 valence electrons. The third-order valence-corrected chi connectivity index (χ3v) is 4.01. The van der Waals surface area contributed by atoms with Crippen molar-refractivity contribution in [1.82, 2.24) is 15.1 Å². The van der Waals surface area contributed by atoms with E-state index in [9.17, 15) is 14.4 Å². The van der Waals surface area contributed by atoms with Crippen LogP contribution in [0.1, 0.15) is 18.6 Å². The number of carbonyl (C=O) groups is 3. The van der Waals surface area contributed by atoms with E-state index in [4.69, 9.17) is 4.74 Å². The summed E-state index contributed by atoms with van der Waals surface area (Å²) in [5.41, 5.74) is 1.01. The van der Waals surface area contributed by atoms with Gasteiger partial charge in [-0.3, -0.25) is 14.5 Å². The largest absolute Gasteiger partial charge is 0.367 e.